The lowest BCUT2D eigenvalue weighted by atomic mass is 9.85. The van der Waals surface area contributed by atoms with Crippen molar-refractivity contribution in [1.82, 2.24) is 19.6 Å². The SMILES string of the molecule is Cc1c(C)c(CCCN2CCN(C)CC2)c(C)c(C)c1CCCN1CCN(C)CC1. The molecule has 4 nitrogen and oxygen atoms in total. The molecule has 0 spiro atoms. The van der Waals surface area contributed by atoms with Gasteiger partial charge in [-0.1, -0.05) is 0 Å². The van der Waals surface area contributed by atoms with E-state index >= 15 is 0 Å². The zero-order valence-electron chi connectivity index (χ0n) is 20.7. The van der Waals surface area contributed by atoms with Crippen LogP contribution in [0, 0.1) is 27.7 Å². The minimum Gasteiger partial charge on any atom is -0.304 e. The molecular weight excluding hydrogens is 368 g/mol. The van der Waals surface area contributed by atoms with Gasteiger partial charge in [0.05, 0.1) is 0 Å². The highest BCUT2D eigenvalue weighted by atomic mass is 15.2. The Hall–Kier alpha value is -0.940. The van der Waals surface area contributed by atoms with Crippen molar-refractivity contribution >= 4 is 0 Å². The Morgan fingerprint density at radius 3 is 1.10 bits per heavy atom. The Morgan fingerprint density at radius 1 is 0.500 bits per heavy atom. The fraction of sp³-hybridized carbons (Fsp3) is 0.769. The van der Waals surface area contributed by atoms with E-state index in [1.807, 2.05) is 0 Å². The molecule has 0 aromatic heterocycles. The van der Waals surface area contributed by atoms with Crippen molar-refractivity contribution in [3.8, 4) is 0 Å². The maximum Gasteiger partial charge on any atom is 0.0110 e. The lowest BCUT2D eigenvalue weighted by molar-refractivity contribution is 0.153. The topological polar surface area (TPSA) is 13.0 Å². The van der Waals surface area contributed by atoms with Gasteiger partial charge in [-0.3, -0.25) is 0 Å². The molecule has 170 valence electrons. The molecule has 2 aliphatic rings. The summed E-state index contributed by atoms with van der Waals surface area (Å²) in [5.74, 6) is 0. The minimum absolute atomic E-state index is 1.22. The van der Waals surface area contributed by atoms with E-state index in [2.05, 4.69) is 61.4 Å². The first-order valence-electron chi connectivity index (χ1n) is 12.3. The highest BCUT2D eigenvalue weighted by Gasteiger charge is 2.18. The number of piperazine rings is 2. The summed E-state index contributed by atoms with van der Waals surface area (Å²) in [5.41, 5.74) is 9.50. The maximum absolute atomic E-state index is 2.65. The predicted molar refractivity (Wildman–Crippen MR) is 130 cm³/mol. The number of benzene rings is 1. The van der Waals surface area contributed by atoms with Gasteiger partial charge < -0.3 is 19.6 Å². The van der Waals surface area contributed by atoms with Crippen LogP contribution in [-0.4, -0.2) is 99.1 Å². The predicted octanol–water partition coefficient (Wildman–Crippen LogP) is 3.28. The third kappa shape index (κ3) is 6.06. The van der Waals surface area contributed by atoms with Crippen molar-refractivity contribution < 1.29 is 0 Å². The first kappa shape index (κ1) is 23.7. The molecule has 0 atom stereocenters. The second kappa shape index (κ2) is 11.1. The summed E-state index contributed by atoms with van der Waals surface area (Å²) in [5, 5.41) is 0. The van der Waals surface area contributed by atoms with Gasteiger partial charge in [0.2, 0.25) is 0 Å². The van der Waals surface area contributed by atoms with Gasteiger partial charge in [0.25, 0.3) is 0 Å². The number of likely N-dealkylation sites (N-methyl/N-ethyl adjacent to an activating group) is 2. The Kier molecular flexibility index (Phi) is 8.76. The molecule has 0 N–H and O–H groups in total. The van der Waals surface area contributed by atoms with Crippen LogP contribution < -0.4 is 0 Å². The number of hydrogen-bond acceptors (Lipinski definition) is 4. The van der Waals surface area contributed by atoms with Crippen LogP contribution in [0.3, 0.4) is 0 Å². The summed E-state index contributed by atoms with van der Waals surface area (Å²) in [6.45, 7) is 21.8. The second-order valence-electron chi connectivity index (χ2n) is 9.95. The third-order valence-corrected chi connectivity index (χ3v) is 7.93. The van der Waals surface area contributed by atoms with E-state index in [-0.39, 0.29) is 0 Å². The summed E-state index contributed by atoms with van der Waals surface area (Å²) in [6.07, 6.45) is 5.03. The van der Waals surface area contributed by atoms with Gasteiger partial charge in [-0.25, -0.2) is 0 Å². The zero-order valence-corrected chi connectivity index (χ0v) is 20.7. The first-order valence-corrected chi connectivity index (χ1v) is 12.3. The van der Waals surface area contributed by atoms with E-state index < -0.39 is 0 Å². The Labute approximate surface area is 186 Å². The molecule has 2 aliphatic heterocycles. The first-order chi connectivity index (χ1) is 14.4. The lowest BCUT2D eigenvalue weighted by Gasteiger charge is -2.32. The van der Waals surface area contributed by atoms with Gasteiger partial charge in [0.1, 0.15) is 0 Å². The average molecular weight is 415 g/mol. The van der Waals surface area contributed by atoms with E-state index in [9.17, 15) is 0 Å². The van der Waals surface area contributed by atoms with Gasteiger partial charge in [-0.15, -0.1) is 0 Å². The van der Waals surface area contributed by atoms with Gasteiger partial charge in [-0.05, 0) is 114 Å². The summed E-state index contributed by atoms with van der Waals surface area (Å²) >= 11 is 0. The lowest BCUT2D eigenvalue weighted by Crippen LogP contribution is -2.44. The van der Waals surface area contributed by atoms with Gasteiger partial charge >= 0.3 is 0 Å². The van der Waals surface area contributed by atoms with E-state index in [4.69, 9.17) is 0 Å². The molecule has 0 radical (unpaired) electrons. The highest BCUT2D eigenvalue weighted by Crippen LogP contribution is 2.29. The summed E-state index contributed by atoms with van der Waals surface area (Å²) in [6, 6.07) is 0. The molecule has 4 heteroatoms. The molecule has 0 saturated carbocycles. The van der Waals surface area contributed by atoms with Crippen molar-refractivity contribution in [1.29, 1.82) is 0 Å². The Balaban J connectivity index is 1.54. The monoisotopic (exact) mass is 414 g/mol. The van der Waals surface area contributed by atoms with E-state index in [1.54, 1.807) is 33.4 Å². The standard InChI is InChI=1S/C26H46N4/c1-21-22(2)26(10-8-12-30-19-15-28(6)16-20-30)24(4)23(3)25(21)9-7-11-29-17-13-27(5)14-18-29/h7-20H2,1-6H3. The second-order valence-corrected chi connectivity index (χ2v) is 9.95. The number of rotatable bonds is 8. The van der Waals surface area contributed by atoms with Crippen LogP contribution in [0.1, 0.15) is 46.2 Å². The van der Waals surface area contributed by atoms with Crippen molar-refractivity contribution in [2.45, 2.75) is 53.4 Å². The zero-order chi connectivity index (χ0) is 21.7. The van der Waals surface area contributed by atoms with Crippen LogP contribution >= 0.6 is 0 Å². The van der Waals surface area contributed by atoms with Gasteiger partial charge in [0, 0.05) is 52.4 Å². The molecule has 2 saturated heterocycles. The quantitative estimate of drug-likeness (QED) is 0.647. The molecule has 0 bridgehead atoms. The van der Waals surface area contributed by atoms with Crippen LogP contribution in [0.2, 0.25) is 0 Å². The third-order valence-electron chi connectivity index (χ3n) is 7.93. The molecule has 2 fully saturated rings. The maximum atomic E-state index is 2.65. The largest absolute Gasteiger partial charge is 0.304 e. The van der Waals surface area contributed by atoms with Crippen LogP contribution in [-0.2, 0) is 12.8 Å². The molecule has 3 rings (SSSR count). The van der Waals surface area contributed by atoms with Crippen molar-refractivity contribution in [3.05, 3.63) is 33.4 Å². The Bertz CT molecular complexity index is 595. The number of hydrogen-bond donors (Lipinski definition) is 0. The molecular formula is C26H46N4. The summed E-state index contributed by atoms with van der Waals surface area (Å²) < 4.78 is 0. The van der Waals surface area contributed by atoms with Crippen LogP contribution in [0.4, 0.5) is 0 Å². The van der Waals surface area contributed by atoms with E-state index in [0.717, 1.165) is 0 Å². The van der Waals surface area contributed by atoms with Crippen LogP contribution in [0.15, 0.2) is 0 Å². The Morgan fingerprint density at radius 2 is 0.800 bits per heavy atom. The average Bonchev–Trinajstić information content (AvgIpc) is 2.74. The highest BCUT2D eigenvalue weighted by molar-refractivity contribution is 5.50. The van der Waals surface area contributed by atoms with Gasteiger partial charge in [-0.2, -0.15) is 0 Å². The molecule has 0 unspecified atom stereocenters. The summed E-state index contributed by atoms with van der Waals surface area (Å²) in [7, 11) is 4.48. The smallest absolute Gasteiger partial charge is 0.0110 e. The normalized spacial score (nSPS) is 20.2. The molecule has 2 heterocycles. The number of nitrogens with zero attached hydrogens (tertiary/aromatic N) is 4. The minimum atomic E-state index is 1.22. The van der Waals surface area contributed by atoms with Crippen molar-refractivity contribution in [3.63, 3.8) is 0 Å². The van der Waals surface area contributed by atoms with Crippen LogP contribution in [0.25, 0.3) is 0 Å². The fourth-order valence-electron chi connectivity index (χ4n) is 5.32. The van der Waals surface area contributed by atoms with Gasteiger partial charge in [0.15, 0.2) is 0 Å². The van der Waals surface area contributed by atoms with E-state index in [0.29, 0.717) is 0 Å². The molecule has 0 aliphatic carbocycles. The molecule has 1 aromatic rings. The summed E-state index contributed by atoms with van der Waals surface area (Å²) in [4.78, 5) is 10.2. The van der Waals surface area contributed by atoms with Crippen molar-refractivity contribution in [2.24, 2.45) is 0 Å². The molecule has 1 aromatic carbocycles. The van der Waals surface area contributed by atoms with E-state index in [1.165, 1.54) is 91.1 Å². The fourth-order valence-corrected chi connectivity index (χ4v) is 5.32. The molecule has 30 heavy (non-hydrogen) atoms. The molecule has 0 amide bonds. The van der Waals surface area contributed by atoms with Crippen molar-refractivity contribution in [2.75, 3.05) is 79.5 Å². The van der Waals surface area contributed by atoms with Crippen LogP contribution in [0.5, 0.6) is 0 Å².